The lowest BCUT2D eigenvalue weighted by Crippen LogP contribution is -2.09. The molecule has 2 rings (SSSR count). The Hall–Kier alpha value is -2.50. The van der Waals surface area contributed by atoms with Gasteiger partial charge in [-0.25, -0.2) is 19.2 Å². The molecule has 0 amide bonds. The zero-order valence-corrected chi connectivity index (χ0v) is 10.2. The Bertz CT molecular complexity index is 599. The fourth-order valence-corrected chi connectivity index (χ4v) is 1.54. The SMILES string of the molecule is Cc1cc(C(=O)O)nc(NCc2ccc(F)cc2)n1. The zero-order valence-electron chi connectivity index (χ0n) is 10.2. The summed E-state index contributed by atoms with van der Waals surface area (Å²) in [6.07, 6.45) is 0. The summed E-state index contributed by atoms with van der Waals surface area (Å²) in [5, 5.41) is 11.8. The Morgan fingerprint density at radius 3 is 2.63 bits per heavy atom. The van der Waals surface area contributed by atoms with Gasteiger partial charge in [-0.3, -0.25) is 0 Å². The van der Waals surface area contributed by atoms with Crippen LogP contribution in [0, 0.1) is 12.7 Å². The molecule has 1 aromatic heterocycles. The van der Waals surface area contributed by atoms with Gasteiger partial charge in [0.15, 0.2) is 5.69 Å². The van der Waals surface area contributed by atoms with Crippen molar-refractivity contribution in [1.82, 2.24) is 9.97 Å². The molecule has 0 atom stereocenters. The average Bonchev–Trinajstić information content (AvgIpc) is 2.37. The van der Waals surface area contributed by atoms with Gasteiger partial charge in [0.25, 0.3) is 0 Å². The number of nitrogens with one attached hydrogen (secondary N) is 1. The minimum Gasteiger partial charge on any atom is -0.477 e. The predicted molar refractivity (Wildman–Crippen MR) is 67.5 cm³/mol. The lowest BCUT2D eigenvalue weighted by atomic mass is 10.2. The van der Waals surface area contributed by atoms with Crippen LogP contribution >= 0.6 is 0 Å². The molecule has 0 radical (unpaired) electrons. The highest BCUT2D eigenvalue weighted by Gasteiger charge is 2.08. The minimum absolute atomic E-state index is 0.0610. The summed E-state index contributed by atoms with van der Waals surface area (Å²) in [6, 6.07) is 7.38. The molecule has 0 aliphatic carbocycles. The number of hydrogen-bond donors (Lipinski definition) is 2. The Labute approximate surface area is 109 Å². The van der Waals surface area contributed by atoms with Gasteiger partial charge in [0.1, 0.15) is 5.82 Å². The van der Waals surface area contributed by atoms with E-state index in [0.717, 1.165) is 5.56 Å². The molecule has 19 heavy (non-hydrogen) atoms. The minimum atomic E-state index is -1.10. The first kappa shape index (κ1) is 12.9. The molecule has 2 N–H and O–H groups in total. The van der Waals surface area contributed by atoms with Crippen molar-refractivity contribution in [3.8, 4) is 0 Å². The van der Waals surface area contributed by atoms with Crippen molar-refractivity contribution >= 4 is 11.9 Å². The Kier molecular flexibility index (Phi) is 3.70. The molecule has 2 aromatic rings. The average molecular weight is 261 g/mol. The third-order valence-electron chi connectivity index (χ3n) is 2.44. The van der Waals surface area contributed by atoms with Crippen LogP contribution in [0.15, 0.2) is 30.3 Å². The summed E-state index contributed by atoms with van der Waals surface area (Å²) in [7, 11) is 0. The van der Waals surface area contributed by atoms with Crippen LogP contribution in [-0.2, 0) is 6.54 Å². The second kappa shape index (κ2) is 5.43. The highest BCUT2D eigenvalue weighted by atomic mass is 19.1. The second-order valence-corrected chi connectivity index (χ2v) is 4.00. The summed E-state index contributed by atoms with van der Waals surface area (Å²) < 4.78 is 12.7. The number of nitrogens with zero attached hydrogens (tertiary/aromatic N) is 2. The number of carboxylic acids is 1. The standard InChI is InChI=1S/C13H12FN3O2/c1-8-6-11(12(18)19)17-13(16-8)15-7-9-2-4-10(14)5-3-9/h2-6H,7H2,1H3,(H,18,19)(H,15,16,17). The van der Waals surface area contributed by atoms with E-state index in [-0.39, 0.29) is 17.5 Å². The largest absolute Gasteiger partial charge is 0.477 e. The van der Waals surface area contributed by atoms with E-state index >= 15 is 0 Å². The summed E-state index contributed by atoms with van der Waals surface area (Å²) in [5.41, 5.74) is 1.35. The molecular formula is C13H12FN3O2. The van der Waals surface area contributed by atoms with E-state index in [0.29, 0.717) is 12.2 Å². The van der Waals surface area contributed by atoms with E-state index in [1.807, 2.05) is 0 Å². The number of halogens is 1. The molecule has 1 heterocycles. The molecule has 6 heteroatoms. The molecule has 0 spiro atoms. The molecule has 98 valence electrons. The number of hydrogen-bond acceptors (Lipinski definition) is 4. The van der Waals surface area contributed by atoms with Crippen LogP contribution in [0.4, 0.5) is 10.3 Å². The number of carboxylic acid groups (broad SMARTS) is 1. The fraction of sp³-hybridized carbons (Fsp3) is 0.154. The number of anilines is 1. The van der Waals surface area contributed by atoms with Crippen LogP contribution in [0.1, 0.15) is 21.7 Å². The predicted octanol–water partition coefficient (Wildman–Crippen LogP) is 2.23. The van der Waals surface area contributed by atoms with E-state index in [9.17, 15) is 9.18 Å². The molecule has 0 unspecified atom stereocenters. The van der Waals surface area contributed by atoms with Gasteiger partial charge in [0.2, 0.25) is 5.95 Å². The maximum absolute atomic E-state index is 12.7. The van der Waals surface area contributed by atoms with Crippen LogP contribution in [0.5, 0.6) is 0 Å². The number of aromatic carboxylic acids is 1. The van der Waals surface area contributed by atoms with Gasteiger partial charge >= 0.3 is 5.97 Å². The first-order valence-electron chi connectivity index (χ1n) is 5.62. The Morgan fingerprint density at radius 2 is 2.00 bits per heavy atom. The van der Waals surface area contributed by atoms with Crippen molar-refractivity contribution < 1.29 is 14.3 Å². The molecule has 5 nitrogen and oxygen atoms in total. The normalized spacial score (nSPS) is 10.2. The third kappa shape index (κ3) is 3.48. The van der Waals surface area contributed by atoms with Crippen molar-refractivity contribution in [2.24, 2.45) is 0 Å². The maximum atomic E-state index is 12.7. The molecule has 0 aliphatic heterocycles. The lowest BCUT2D eigenvalue weighted by molar-refractivity contribution is 0.0690. The number of aromatic nitrogens is 2. The van der Waals surface area contributed by atoms with Crippen molar-refractivity contribution in [1.29, 1.82) is 0 Å². The Morgan fingerprint density at radius 1 is 1.32 bits per heavy atom. The van der Waals surface area contributed by atoms with Crippen LogP contribution in [0.2, 0.25) is 0 Å². The highest BCUT2D eigenvalue weighted by Crippen LogP contribution is 2.08. The molecule has 1 aromatic carbocycles. The van der Waals surface area contributed by atoms with E-state index in [1.165, 1.54) is 18.2 Å². The zero-order chi connectivity index (χ0) is 13.8. The van der Waals surface area contributed by atoms with Gasteiger partial charge in [-0.05, 0) is 30.7 Å². The third-order valence-corrected chi connectivity index (χ3v) is 2.44. The van der Waals surface area contributed by atoms with Gasteiger partial charge in [0.05, 0.1) is 0 Å². The molecule has 0 aliphatic rings. The number of aryl methyl sites for hydroxylation is 1. The van der Waals surface area contributed by atoms with E-state index in [1.54, 1.807) is 19.1 Å². The topological polar surface area (TPSA) is 75.1 Å². The smallest absolute Gasteiger partial charge is 0.354 e. The van der Waals surface area contributed by atoms with Gasteiger partial charge < -0.3 is 10.4 Å². The maximum Gasteiger partial charge on any atom is 0.354 e. The summed E-state index contributed by atoms with van der Waals surface area (Å²) in [6.45, 7) is 2.08. The van der Waals surface area contributed by atoms with Crippen molar-refractivity contribution in [2.45, 2.75) is 13.5 Å². The second-order valence-electron chi connectivity index (χ2n) is 4.00. The van der Waals surface area contributed by atoms with Crippen LogP contribution in [0.3, 0.4) is 0 Å². The van der Waals surface area contributed by atoms with Crippen molar-refractivity contribution in [2.75, 3.05) is 5.32 Å². The van der Waals surface area contributed by atoms with Crippen LogP contribution < -0.4 is 5.32 Å². The van der Waals surface area contributed by atoms with E-state index < -0.39 is 5.97 Å². The lowest BCUT2D eigenvalue weighted by Gasteiger charge is -2.06. The monoisotopic (exact) mass is 261 g/mol. The van der Waals surface area contributed by atoms with E-state index in [2.05, 4.69) is 15.3 Å². The van der Waals surface area contributed by atoms with Crippen LogP contribution in [0.25, 0.3) is 0 Å². The van der Waals surface area contributed by atoms with Gasteiger partial charge in [0, 0.05) is 12.2 Å². The first-order chi connectivity index (χ1) is 9.04. The fourth-order valence-electron chi connectivity index (χ4n) is 1.54. The molecular weight excluding hydrogens is 249 g/mol. The van der Waals surface area contributed by atoms with Gasteiger partial charge in [-0.2, -0.15) is 0 Å². The van der Waals surface area contributed by atoms with Gasteiger partial charge in [-0.15, -0.1) is 0 Å². The number of benzene rings is 1. The van der Waals surface area contributed by atoms with Crippen molar-refractivity contribution in [3.05, 3.63) is 53.1 Å². The molecule has 0 saturated heterocycles. The summed E-state index contributed by atoms with van der Waals surface area (Å²) in [4.78, 5) is 18.8. The van der Waals surface area contributed by atoms with Gasteiger partial charge in [-0.1, -0.05) is 12.1 Å². The highest BCUT2D eigenvalue weighted by molar-refractivity contribution is 5.85. The Balaban J connectivity index is 2.11. The van der Waals surface area contributed by atoms with Crippen molar-refractivity contribution in [3.63, 3.8) is 0 Å². The molecule has 0 bridgehead atoms. The summed E-state index contributed by atoms with van der Waals surface area (Å²) >= 11 is 0. The summed E-state index contributed by atoms with van der Waals surface area (Å²) in [5.74, 6) is -1.17. The molecule has 0 saturated carbocycles. The first-order valence-corrected chi connectivity index (χ1v) is 5.62. The number of carbonyl (C=O) groups is 1. The van der Waals surface area contributed by atoms with E-state index in [4.69, 9.17) is 5.11 Å². The quantitative estimate of drug-likeness (QED) is 0.882. The number of rotatable bonds is 4. The molecule has 0 fully saturated rings. The van der Waals surface area contributed by atoms with Crippen LogP contribution in [-0.4, -0.2) is 21.0 Å².